The molecule has 0 bridgehead atoms. The van der Waals surface area contributed by atoms with Gasteiger partial charge in [-0.25, -0.2) is 5.48 Å². The summed E-state index contributed by atoms with van der Waals surface area (Å²) in [6.45, 7) is 4.25. The number of carbonyl (C=O) groups is 1. The van der Waals surface area contributed by atoms with Crippen molar-refractivity contribution in [3.8, 4) is 0 Å². The van der Waals surface area contributed by atoms with Crippen molar-refractivity contribution < 1.29 is 10.0 Å². The number of amides is 1. The topological polar surface area (TPSA) is 49.3 Å². The van der Waals surface area contributed by atoms with E-state index in [1.165, 1.54) is 30.4 Å². The van der Waals surface area contributed by atoms with Crippen LogP contribution in [0.1, 0.15) is 56.6 Å². The maximum Gasteiger partial charge on any atom is 0.243 e. The van der Waals surface area contributed by atoms with Gasteiger partial charge in [0.1, 0.15) is 0 Å². The summed E-state index contributed by atoms with van der Waals surface area (Å²) in [6, 6.07) is 8.87. The van der Waals surface area contributed by atoms with E-state index in [0.29, 0.717) is 12.3 Å². The molecular formula is C17H25NO2. The van der Waals surface area contributed by atoms with E-state index >= 15 is 0 Å². The first kappa shape index (κ1) is 15.0. The van der Waals surface area contributed by atoms with Crippen LogP contribution in [0.5, 0.6) is 0 Å². The highest BCUT2D eigenvalue weighted by Gasteiger charge is 2.20. The first-order chi connectivity index (χ1) is 9.60. The highest BCUT2D eigenvalue weighted by atomic mass is 16.5. The molecule has 0 radical (unpaired) electrons. The molecule has 1 atom stereocenters. The minimum Gasteiger partial charge on any atom is -0.289 e. The van der Waals surface area contributed by atoms with Crippen LogP contribution in [-0.4, -0.2) is 11.1 Å². The minimum atomic E-state index is -0.296. The lowest BCUT2D eigenvalue weighted by molar-refractivity contribution is -0.130. The zero-order chi connectivity index (χ0) is 14.5. The molecule has 110 valence electrons. The predicted molar refractivity (Wildman–Crippen MR) is 79.6 cm³/mol. The van der Waals surface area contributed by atoms with Crippen molar-refractivity contribution in [2.75, 3.05) is 0 Å². The summed E-state index contributed by atoms with van der Waals surface area (Å²) in [5.41, 5.74) is 4.46. The Morgan fingerprint density at radius 3 is 2.40 bits per heavy atom. The standard InChI is InChI=1S/C17H25NO2/c1-12(2)16(11-17(19)18-20)10-13-6-8-15(9-7-13)14-4-3-5-14/h6-9,12,14,16,20H,3-5,10-11H2,1-2H3,(H,18,19). The molecule has 0 aliphatic heterocycles. The fourth-order valence-electron chi connectivity index (χ4n) is 2.80. The van der Waals surface area contributed by atoms with Crippen LogP contribution >= 0.6 is 0 Å². The molecule has 1 unspecified atom stereocenters. The lowest BCUT2D eigenvalue weighted by Crippen LogP contribution is -2.25. The second kappa shape index (κ2) is 6.89. The van der Waals surface area contributed by atoms with Crippen LogP contribution in [0.3, 0.4) is 0 Å². The lowest BCUT2D eigenvalue weighted by atomic mass is 9.79. The monoisotopic (exact) mass is 275 g/mol. The molecule has 3 heteroatoms. The number of carbonyl (C=O) groups excluding carboxylic acids is 1. The number of hydroxylamine groups is 1. The molecule has 1 saturated carbocycles. The molecule has 0 spiro atoms. The van der Waals surface area contributed by atoms with Gasteiger partial charge in [-0.1, -0.05) is 44.5 Å². The maximum atomic E-state index is 11.3. The van der Waals surface area contributed by atoms with Crippen LogP contribution in [0.15, 0.2) is 24.3 Å². The number of hydrogen-bond donors (Lipinski definition) is 2. The molecule has 1 aromatic carbocycles. The van der Waals surface area contributed by atoms with Gasteiger partial charge in [0.05, 0.1) is 0 Å². The summed E-state index contributed by atoms with van der Waals surface area (Å²) < 4.78 is 0. The zero-order valence-electron chi connectivity index (χ0n) is 12.4. The summed E-state index contributed by atoms with van der Waals surface area (Å²) in [4.78, 5) is 11.3. The van der Waals surface area contributed by atoms with E-state index in [2.05, 4.69) is 38.1 Å². The summed E-state index contributed by atoms with van der Waals surface area (Å²) in [6.07, 6.45) is 5.27. The van der Waals surface area contributed by atoms with Crippen molar-refractivity contribution >= 4 is 5.91 Å². The minimum absolute atomic E-state index is 0.261. The Labute approximate surface area is 121 Å². The molecule has 1 aliphatic carbocycles. The van der Waals surface area contributed by atoms with Crippen molar-refractivity contribution in [2.45, 2.75) is 51.9 Å². The van der Waals surface area contributed by atoms with E-state index in [4.69, 9.17) is 5.21 Å². The Bertz CT molecular complexity index is 435. The van der Waals surface area contributed by atoms with E-state index in [1.54, 1.807) is 5.48 Å². The van der Waals surface area contributed by atoms with E-state index < -0.39 is 0 Å². The van der Waals surface area contributed by atoms with Gasteiger partial charge in [0, 0.05) is 6.42 Å². The van der Waals surface area contributed by atoms with Gasteiger partial charge in [-0.2, -0.15) is 0 Å². The van der Waals surface area contributed by atoms with Crippen molar-refractivity contribution in [3.05, 3.63) is 35.4 Å². The molecule has 0 aromatic heterocycles. The maximum absolute atomic E-state index is 11.3. The van der Waals surface area contributed by atoms with Crippen LogP contribution < -0.4 is 5.48 Å². The van der Waals surface area contributed by atoms with Crippen molar-refractivity contribution in [1.29, 1.82) is 0 Å². The van der Waals surface area contributed by atoms with Crippen molar-refractivity contribution in [1.82, 2.24) is 5.48 Å². The Morgan fingerprint density at radius 2 is 1.95 bits per heavy atom. The average molecular weight is 275 g/mol. The highest BCUT2D eigenvalue weighted by Crippen LogP contribution is 2.36. The van der Waals surface area contributed by atoms with Gasteiger partial charge in [-0.15, -0.1) is 0 Å². The van der Waals surface area contributed by atoms with E-state index in [1.807, 2.05) is 0 Å². The molecule has 20 heavy (non-hydrogen) atoms. The van der Waals surface area contributed by atoms with Crippen LogP contribution in [0, 0.1) is 11.8 Å². The van der Waals surface area contributed by atoms with Gasteiger partial charge in [-0.3, -0.25) is 10.0 Å². The average Bonchev–Trinajstić information content (AvgIpc) is 2.37. The molecule has 1 aromatic rings. The molecular weight excluding hydrogens is 250 g/mol. The van der Waals surface area contributed by atoms with Crippen LogP contribution in [-0.2, 0) is 11.2 Å². The quantitative estimate of drug-likeness (QED) is 0.615. The normalized spacial score (nSPS) is 16.8. The molecule has 3 nitrogen and oxygen atoms in total. The lowest BCUT2D eigenvalue weighted by Gasteiger charge is -2.26. The zero-order valence-corrected chi connectivity index (χ0v) is 12.4. The Morgan fingerprint density at radius 1 is 1.30 bits per heavy atom. The fraction of sp³-hybridized carbons (Fsp3) is 0.588. The second-order valence-electron chi connectivity index (χ2n) is 6.32. The second-order valence-corrected chi connectivity index (χ2v) is 6.32. The van der Waals surface area contributed by atoms with Gasteiger partial charge in [0.2, 0.25) is 5.91 Å². The number of hydrogen-bond acceptors (Lipinski definition) is 2. The Balaban J connectivity index is 1.96. The third-order valence-electron chi connectivity index (χ3n) is 4.57. The van der Waals surface area contributed by atoms with Gasteiger partial charge in [0.25, 0.3) is 0 Å². The number of rotatable bonds is 6. The first-order valence-corrected chi connectivity index (χ1v) is 7.62. The Hall–Kier alpha value is -1.35. The molecule has 0 saturated heterocycles. The molecule has 2 rings (SSSR count). The van der Waals surface area contributed by atoms with E-state index in [9.17, 15) is 4.79 Å². The fourth-order valence-corrected chi connectivity index (χ4v) is 2.80. The van der Waals surface area contributed by atoms with Crippen LogP contribution in [0.2, 0.25) is 0 Å². The summed E-state index contributed by atoms with van der Waals surface area (Å²) in [7, 11) is 0. The first-order valence-electron chi connectivity index (χ1n) is 7.62. The number of benzene rings is 1. The van der Waals surface area contributed by atoms with Crippen molar-refractivity contribution in [2.24, 2.45) is 11.8 Å². The van der Waals surface area contributed by atoms with E-state index in [-0.39, 0.29) is 11.8 Å². The summed E-state index contributed by atoms with van der Waals surface area (Å²) in [5, 5.41) is 8.66. The van der Waals surface area contributed by atoms with E-state index in [0.717, 1.165) is 12.3 Å². The van der Waals surface area contributed by atoms with Gasteiger partial charge >= 0.3 is 0 Å². The predicted octanol–water partition coefficient (Wildman–Crippen LogP) is 3.66. The van der Waals surface area contributed by atoms with Crippen LogP contribution in [0.25, 0.3) is 0 Å². The summed E-state index contributed by atoms with van der Waals surface area (Å²) in [5.74, 6) is 1.15. The van der Waals surface area contributed by atoms with Crippen LogP contribution in [0.4, 0.5) is 0 Å². The third kappa shape index (κ3) is 3.83. The molecule has 1 aliphatic rings. The molecule has 1 amide bonds. The molecule has 0 heterocycles. The highest BCUT2D eigenvalue weighted by molar-refractivity contribution is 5.74. The number of nitrogens with one attached hydrogen (secondary N) is 1. The molecule has 1 fully saturated rings. The Kier molecular flexibility index (Phi) is 5.18. The third-order valence-corrected chi connectivity index (χ3v) is 4.57. The summed E-state index contributed by atoms with van der Waals surface area (Å²) >= 11 is 0. The van der Waals surface area contributed by atoms with Gasteiger partial charge in [0.15, 0.2) is 0 Å². The van der Waals surface area contributed by atoms with Gasteiger partial charge in [-0.05, 0) is 48.1 Å². The van der Waals surface area contributed by atoms with Gasteiger partial charge < -0.3 is 0 Å². The van der Waals surface area contributed by atoms with Crippen molar-refractivity contribution in [3.63, 3.8) is 0 Å². The molecule has 2 N–H and O–H groups in total. The smallest absolute Gasteiger partial charge is 0.243 e. The largest absolute Gasteiger partial charge is 0.289 e. The SMILES string of the molecule is CC(C)C(CC(=O)NO)Cc1ccc(C2CCC2)cc1.